The van der Waals surface area contributed by atoms with Gasteiger partial charge < -0.3 is 19.4 Å². The Morgan fingerprint density at radius 2 is 2.04 bits per heavy atom. The summed E-state index contributed by atoms with van der Waals surface area (Å²) in [5, 5.41) is 0.120. The molecule has 8 nitrogen and oxygen atoms in total. The summed E-state index contributed by atoms with van der Waals surface area (Å²) in [6.45, 7) is 11.9. The van der Waals surface area contributed by atoms with Crippen molar-refractivity contribution in [2.75, 3.05) is 50.8 Å². The van der Waals surface area contributed by atoms with E-state index in [2.05, 4.69) is 26.3 Å². The Kier molecular flexibility index (Phi) is 7.17. The van der Waals surface area contributed by atoms with Gasteiger partial charge in [-0.3, -0.25) is 9.69 Å². The molecule has 5 aliphatic rings. The number of fused-ring (bicyclic) bond motifs is 5. The zero-order valence-corrected chi connectivity index (χ0v) is 25.8. The molecule has 2 aliphatic carbocycles. The molecule has 1 saturated carbocycles. The minimum absolute atomic E-state index is 0.0430. The Morgan fingerprint density at radius 3 is 2.85 bits per heavy atom. The quantitative estimate of drug-likeness (QED) is 0.189. The highest BCUT2D eigenvalue weighted by Crippen LogP contribution is 2.59. The molecule has 3 saturated heterocycles. The van der Waals surface area contributed by atoms with Gasteiger partial charge in [0.15, 0.2) is 11.6 Å². The highest BCUT2D eigenvalue weighted by atomic mass is 19.1. The highest BCUT2D eigenvalue weighted by molar-refractivity contribution is 5.95. The number of anilines is 1. The number of halogens is 4. The molecule has 3 aliphatic heterocycles. The highest BCUT2D eigenvalue weighted by Gasteiger charge is 2.50. The van der Waals surface area contributed by atoms with Gasteiger partial charge in [-0.25, -0.2) is 24.1 Å². The average molecular weight is 647 g/mol. The fourth-order valence-corrected chi connectivity index (χ4v) is 8.65. The molecule has 12 heteroatoms. The van der Waals surface area contributed by atoms with Gasteiger partial charge in [0.05, 0.1) is 11.1 Å². The molecular formula is C35H34F4N6O2. The number of alkyl halides is 1. The molecule has 0 spiro atoms. The van der Waals surface area contributed by atoms with Gasteiger partial charge in [-0.1, -0.05) is 24.8 Å². The Balaban J connectivity index is 1.22. The van der Waals surface area contributed by atoms with Crippen molar-refractivity contribution in [2.45, 2.75) is 55.8 Å². The number of rotatable bonds is 7. The van der Waals surface area contributed by atoms with Gasteiger partial charge in [-0.05, 0) is 66.8 Å². The number of carbonyl (C=O) groups excluding carboxylic acids is 1. The summed E-state index contributed by atoms with van der Waals surface area (Å²) in [6.07, 6.45) is 2.95. The molecule has 0 N–H and O–H groups in total. The molecule has 4 heterocycles. The number of amides is 1. The number of hydrogen-bond donors (Lipinski definition) is 0. The normalized spacial score (nSPS) is 27.8. The lowest BCUT2D eigenvalue weighted by atomic mass is 9.93. The average Bonchev–Trinajstić information content (AvgIpc) is 3.37. The molecule has 4 fully saturated rings. The second-order valence-corrected chi connectivity index (χ2v) is 13.7. The van der Waals surface area contributed by atoms with Crippen LogP contribution >= 0.6 is 0 Å². The molecular weight excluding hydrogens is 612 g/mol. The van der Waals surface area contributed by atoms with E-state index in [1.807, 2.05) is 12.1 Å². The van der Waals surface area contributed by atoms with E-state index in [-0.39, 0.29) is 61.1 Å². The van der Waals surface area contributed by atoms with Crippen molar-refractivity contribution in [2.24, 2.45) is 5.92 Å². The lowest BCUT2D eigenvalue weighted by molar-refractivity contribution is -0.131. The molecule has 2 aromatic carbocycles. The Morgan fingerprint density at radius 1 is 1.19 bits per heavy atom. The van der Waals surface area contributed by atoms with Gasteiger partial charge in [0.2, 0.25) is 6.54 Å². The first-order valence-corrected chi connectivity index (χ1v) is 16.2. The van der Waals surface area contributed by atoms with Crippen LogP contribution in [0.3, 0.4) is 0 Å². The maximum Gasteiger partial charge on any atom is 0.319 e. The van der Waals surface area contributed by atoms with E-state index in [0.29, 0.717) is 30.4 Å². The van der Waals surface area contributed by atoms with E-state index in [1.165, 1.54) is 11.0 Å². The van der Waals surface area contributed by atoms with Crippen molar-refractivity contribution in [1.82, 2.24) is 19.8 Å². The summed E-state index contributed by atoms with van der Waals surface area (Å²) in [6, 6.07) is 6.03. The lowest BCUT2D eigenvalue weighted by Gasteiger charge is -2.39. The molecule has 0 bridgehead atoms. The third kappa shape index (κ3) is 4.93. The minimum atomic E-state index is -1.12. The van der Waals surface area contributed by atoms with Gasteiger partial charge in [0.25, 0.3) is 5.91 Å². The summed E-state index contributed by atoms with van der Waals surface area (Å²) in [4.78, 5) is 30.2. The summed E-state index contributed by atoms with van der Waals surface area (Å²) in [7, 11) is 0. The first kappa shape index (κ1) is 30.1. The Labute approximate surface area is 269 Å². The van der Waals surface area contributed by atoms with E-state index in [0.717, 1.165) is 43.4 Å². The van der Waals surface area contributed by atoms with Crippen LogP contribution in [0.25, 0.3) is 26.9 Å². The number of aromatic nitrogens is 2. The second-order valence-electron chi connectivity index (χ2n) is 13.7. The fraction of sp³-hybridized carbons (Fsp3) is 0.486. The number of benzene rings is 2. The monoisotopic (exact) mass is 646 g/mol. The Hall–Kier alpha value is -4.24. The van der Waals surface area contributed by atoms with Crippen LogP contribution < -0.4 is 9.64 Å². The van der Waals surface area contributed by atoms with Crippen LogP contribution in [0.15, 0.2) is 36.7 Å². The van der Waals surface area contributed by atoms with Crippen molar-refractivity contribution in [3.63, 3.8) is 0 Å². The zero-order chi connectivity index (χ0) is 32.6. The topological polar surface area (TPSA) is 66.2 Å². The van der Waals surface area contributed by atoms with E-state index < -0.39 is 41.1 Å². The smallest absolute Gasteiger partial charge is 0.319 e. The molecule has 3 aromatic rings. The van der Waals surface area contributed by atoms with Crippen LogP contribution in [0, 0.1) is 24.1 Å². The van der Waals surface area contributed by atoms with Crippen molar-refractivity contribution in [1.29, 1.82) is 0 Å². The first-order chi connectivity index (χ1) is 22.7. The van der Waals surface area contributed by atoms with Crippen LogP contribution in [0.5, 0.6) is 6.01 Å². The van der Waals surface area contributed by atoms with Crippen molar-refractivity contribution < 1.29 is 27.1 Å². The summed E-state index contributed by atoms with van der Waals surface area (Å²) < 4.78 is 67.5. The lowest BCUT2D eigenvalue weighted by Crippen LogP contribution is -2.56. The number of hydrogen-bond acceptors (Lipinski definition) is 6. The largest absolute Gasteiger partial charge is 0.461 e. The van der Waals surface area contributed by atoms with Crippen LogP contribution in [-0.4, -0.2) is 89.3 Å². The summed E-state index contributed by atoms with van der Waals surface area (Å²) in [5.41, 5.74) is 1.89. The zero-order valence-electron chi connectivity index (χ0n) is 25.8. The second kappa shape index (κ2) is 11.2. The predicted octanol–water partition coefficient (Wildman–Crippen LogP) is 5.61. The maximum atomic E-state index is 16.8. The first-order valence-electron chi connectivity index (χ1n) is 16.2. The molecule has 244 valence electrons. The van der Waals surface area contributed by atoms with Gasteiger partial charge in [0.1, 0.15) is 36.0 Å². The molecule has 1 aromatic heterocycles. The SMILES string of the molecule is [C-]#[N+]C[C@H]1CN(c2nc(OC[C@@]34CCCN3C[C@H](F)C4)nc3c(F)c(-c4cccc5c4[C@H]4C[C@H]4C5)c(F)cc23)CCN1C(=O)C(=C)F. The van der Waals surface area contributed by atoms with E-state index in [4.69, 9.17) is 11.3 Å². The van der Waals surface area contributed by atoms with Crippen molar-refractivity contribution in [3.05, 3.63) is 70.8 Å². The molecule has 1 amide bonds. The number of piperazine rings is 1. The molecule has 8 rings (SSSR count). The summed E-state index contributed by atoms with van der Waals surface area (Å²) >= 11 is 0. The predicted molar refractivity (Wildman–Crippen MR) is 167 cm³/mol. The minimum Gasteiger partial charge on any atom is -0.461 e. The van der Waals surface area contributed by atoms with Gasteiger partial charge in [-0.2, -0.15) is 9.97 Å². The van der Waals surface area contributed by atoms with Gasteiger partial charge in [-0.15, -0.1) is 0 Å². The van der Waals surface area contributed by atoms with Crippen LogP contribution in [0.1, 0.15) is 42.7 Å². The maximum absolute atomic E-state index is 16.8. The van der Waals surface area contributed by atoms with E-state index in [9.17, 15) is 13.6 Å². The van der Waals surface area contributed by atoms with Crippen LogP contribution in [-0.2, 0) is 11.2 Å². The molecule has 0 unspecified atom stereocenters. The van der Waals surface area contributed by atoms with E-state index >= 15 is 8.78 Å². The third-order valence-corrected chi connectivity index (χ3v) is 10.9. The van der Waals surface area contributed by atoms with E-state index in [1.54, 1.807) is 11.0 Å². The number of nitrogens with zero attached hydrogens (tertiary/aromatic N) is 6. The van der Waals surface area contributed by atoms with Crippen LogP contribution in [0.2, 0.25) is 0 Å². The van der Waals surface area contributed by atoms with Crippen molar-refractivity contribution in [3.8, 4) is 17.1 Å². The van der Waals surface area contributed by atoms with Crippen molar-refractivity contribution >= 4 is 22.6 Å². The Bertz CT molecular complexity index is 1860. The van der Waals surface area contributed by atoms with Gasteiger partial charge in [0, 0.05) is 38.0 Å². The molecule has 5 atom stereocenters. The third-order valence-electron chi connectivity index (χ3n) is 10.9. The molecule has 0 radical (unpaired) electrons. The summed E-state index contributed by atoms with van der Waals surface area (Å²) in [5.74, 6) is -2.58. The number of ether oxygens (including phenoxy) is 1. The van der Waals surface area contributed by atoms with Gasteiger partial charge >= 0.3 is 6.01 Å². The number of carbonyl (C=O) groups is 1. The molecule has 47 heavy (non-hydrogen) atoms. The van der Waals surface area contributed by atoms with Crippen LogP contribution in [0.4, 0.5) is 23.4 Å². The standard InChI is InChI=1S/C35H34F4N6O2/c1-19(36)33(46)45-10-9-43(17-23(45)15-40-2)32-26-13-27(38)29(24-6-3-5-20-11-21-12-25(21)28(20)24)30(39)31(26)41-34(42-32)47-18-35-7-4-8-44(35)16-22(37)14-35/h3,5-6,13,21-23,25H,1,4,7-12,14-18H2/t21-,22-,23+,25+,35+/m1/s1. The fourth-order valence-electron chi connectivity index (χ4n) is 8.65.